The molecule has 13 heavy (non-hydrogen) atoms. The van der Waals surface area contributed by atoms with Crippen molar-refractivity contribution in [3.63, 3.8) is 0 Å². The van der Waals surface area contributed by atoms with Crippen LogP contribution in [0.2, 0.25) is 0 Å². The van der Waals surface area contributed by atoms with Gasteiger partial charge in [-0.05, 0) is 18.3 Å². The van der Waals surface area contributed by atoms with Crippen LogP contribution < -0.4 is 0 Å². The highest BCUT2D eigenvalue weighted by Gasteiger charge is 2.44. The highest BCUT2D eigenvalue weighted by molar-refractivity contribution is 4.91. The maximum Gasteiger partial charge on any atom is 0.0548 e. The summed E-state index contributed by atoms with van der Waals surface area (Å²) in [5.74, 6) is 1.13. The average Bonchev–Trinajstić information content (AvgIpc) is 2.01. The van der Waals surface area contributed by atoms with E-state index in [2.05, 4.69) is 20.8 Å². The molecule has 1 aliphatic rings. The van der Waals surface area contributed by atoms with Crippen LogP contribution in [0, 0.1) is 17.3 Å². The molecule has 2 nitrogen and oxygen atoms in total. The van der Waals surface area contributed by atoms with E-state index in [1.807, 2.05) is 0 Å². The maximum atomic E-state index is 9.28. The van der Waals surface area contributed by atoms with E-state index in [-0.39, 0.29) is 5.41 Å². The summed E-state index contributed by atoms with van der Waals surface area (Å²) >= 11 is 0. The molecule has 0 amide bonds. The molecule has 0 spiro atoms. The summed E-state index contributed by atoms with van der Waals surface area (Å²) < 4.78 is 5.31. The van der Waals surface area contributed by atoms with Crippen LogP contribution >= 0.6 is 0 Å². The Labute approximate surface area is 81.3 Å². The predicted molar refractivity (Wildman–Crippen MR) is 53.6 cm³/mol. The van der Waals surface area contributed by atoms with Crippen molar-refractivity contribution in [2.24, 2.45) is 17.3 Å². The molecule has 0 aromatic heterocycles. The van der Waals surface area contributed by atoms with Crippen LogP contribution in [-0.2, 0) is 4.74 Å². The molecule has 0 saturated carbocycles. The summed E-state index contributed by atoms with van der Waals surface area (Å²) in [4.78, 5) is 0. The minimum Gasteiger partial charge on any atom is -0.396 e. The van der Waals surface area contributed by atoms with Gasteiger partial charge < -0.3 is 9.84 Å². The predicted octanol–water partition coefficient (Wildman–Crippen LogP) is 2.07. The van der Waals surface area contributed by atoms with Gasteiger partial charge in [0, 0.05) is 12.0 Å². The van der Waals surface area contributed by atoms with Gasteiger partial charge in [0.1, 0.15) is 0 Å². The van der Waals surface area contributed by atoms with Crippen LogP contribution in [0.3, 0.4) is 0 Å². The third kappa shape index (κ3) is 2.23. The Morgan fingerprint density at radius 1 is 1.38 bits per heavy atom. The van der Waals surface area contributed by atoms with Gasteiger partial charge in [-0.15, -0.1) is 0 Å². The Morgan fingerprint density at radius 2 is 2.00 bits per heavy atom. The topological polar surface area (TPSA) is 29.5 Å². The lowest BCUT2D eigenvalue weighted by Gasteiger charge is -2.47. The van der Waals surface area contributed by atoms with E-state index < -0.39 is 0 Å². The van der Waals surface area contributed by atoms with Gasteiger partial charge in [-0.3, -0.25) is 0 Å². The summed E-state index contributed by atoms with van der Waals surface area (Å²) in [7, 11) is 0. The third-order valence-corrected chi connectivity index (χ3v) is 3.17. The minimum atomic E-state index is 0.289. The molecule has 1 unspecified atom stereocenters. The van der Waals surface area contributed by atoms with Gasteiger partial charge in [-0.25, -0.2) is 0 Å². The summed E-state index contributed by atoms with van der Waals surface area (Å²) in [6.07, 6.45) is 2.25. The van der Waals surface area contributed by atoms with Gasteiger partial charge in [-0.1, -0.05) is 27.2 Å². The van der Waals surface area contributed by atoms with Gasteiger partial charge in [0.15, 0.2) is 0 Å². The number of hydrogen-bond donors (Lipinski definition) is 1. The normalized spacial score (nSPS) is 22.8. The van der Waals surface area contributed by atoms with Crippen LogP contribution in [0.4, 0.5) is 0 Å². The fraction of sp³-hybridized carbons (Fsp3) is 1.00. The Balaban J connectivity index is 2.56. The molecule has 0 aromatic carbocycles. The third-order valence-electron chi connectivity index (χ3n) is 3.17. The average molecular weight is 186 g/mol. The Morgan fingerprint density at radius 3 is 2.23 bits per heavy atom. The lowest BCUT2D eigenvalue weighted by molar-refractivity contribution is -0.164. The number of hydrogen-bond acceptors (Lipinski definition) is 2. The van der Waals surface area contributed by atoms with Crippen molar-refractivity contribution in [1.82, 2.24) is 0 Å². The fourth-order valence-electron chi connectivity index (χ4n) is 2.45. The van der Waals surface area contributed by atoms with Crippen LogP contribution in [0.1, 0.15) is 33.6 Å². The van der Waals surface area contributed by atoms with E-state index in [1.54, 1.807) is 0 Å². The molecular weight excluding hydrogens is 164 g/mol. The van der Waals surface area contributed by atoms with Gasteiger partial charge in [-0.2, -0.15) is 0 Å². The van der Waals surface area contributed by atoms with Crippen molar-refractivity contribution in [2.75, 3.05) is 19.8 Å². The molecule has 78 valence electrons. The summed E-state index contributed by atoms with van der Waals surface area (Å²) in [5.41, 5.74) is 0.289. The van der Waals surface area contributed by atoms with E-state index >= 15 is 0 Å². The molecule has 1 fully saturated rings. The van der Waals surface area contributed by atoms with E-state index in [0.29, 0.717) is 18.4 Å². The molecule has 1 N–H and O–H groups in total. The second-order valence-electron chi connectivity index (χ2n) is 4.74. The van der Waals surface area contributed by atoms with Crippen molar-refractivity contribution in [3.05, 3.63) is 0 Å². The molecule has 1 heterocycles. The monoisotopic (exact) mass is 186 g/mol. The van der Waals surface area contributed by atoms with Crippen LogP contribution in [0.15, 0.2) is 0 Å². The largest absolute Gasteiger partial charge is 0.396 e. The zero-order valence-corrected chi connectivity index (χ0v) is 9.05. The number of aliphatic hydroxyl groups is 1. The summed E-state index contributed by atoms with van der Waals surface area (Å²) in [6.45, 7) is 8.65. The van der Waals surface area contributed by atoms with Crippen molar-refractivity contribution in [3.8, 4) is 0 Å². The highest BCUT2D eigenvalue weighted by atomic mass is 16.5. The molecule has 1 aliphatic heterocycles. The number of aliphatic hydroxyl groups excluding tert-OH is 1. The van der Waals surface area contributed by atoms with Crippen LogP contribution in [-0.4, -0.2) is 24.9 Å². The Kier molecular flexibility index (Phi) is 3.74. The first-order valence-corrected chi connectivity index (χ1v) is 5.33. The molecule has 1 atom stereocenters. The lowest BCUT2D eigenvalue weighted by Crippen LogP contribution is -2.50. The van der Waals surface area contributed by atoms with Gasteiger partial charge in [0.2, 0.25) is 0 Å². The molecule has 2 heteroatoms. The molecule has 0 aromatic rings. The van der Waals surface area contributed by atoms with Crippen molar-refractivity contribution in [1.29, 1.82) is 0 Å². The molecule has 1 rings (SSSR count). The summed E-state index contributed by atoms with van der Waals surface area (Å²) in [6, 6.07) is 0. The van der Waals surface area contributed by atoms with Gasteiger partial charge >= 0.3 is 0 Å². The second kappa shape index (κ2) is 4.43. The standard InChI is InChI=1S/C11H22O2/c1-4-10(6-12)11(5-9(2)3)7-13-8-11/h9-10,12H,4-8H2,1-3H3. The van der Waals surface area contributed by atoms with E-state index in [1.165, 1.54) is 6.42 Å². The molecule has 0 bridgehead atoms. The van der Waals surface area contributed by atoms with Crippen LogP contribution in [0.25, 0.3) is 0 Å². The van der Waals surface area contributed by atoms with E-state index in [0.717, 1.165) is 19.6 Å². The summed E-state index contributed by atoms with van der Waals surface area (Å²) in [5, 5.41) is 9.28. The molecule has 0 radical (unpaired) electrons. The lowest BCUT2D eigenvalue weighted by atomic mass is 9.68. The highest BCUT2D eigenvalue weighted by Crippen LogP contribution is 2.42. The zero-order chi connectivity index (χ0) is 9.90. The number of rotatable bonds is 5. The fourth-order valence-corrected chi connectivity index (χ4v) is 2.45. The molecule has 0 aliphatic carbocycles. The first kappa shape index (κ1) is 11.0. The zero-order valence-electron chi connectivity index (χ0n) is 9.05. The van der Waals surface area contributed by atoms with Gasteiger partial charge in [0.25, 0.3) is 0 Å². The Bertz CT molecular complexity index is 146. The van der Waals surface area contributed by atoms with Crippen molar-refractivity contribution in [2.45, 2.75) is 33.6 Å². The van der Waals surface area contributed by atoms with Crippen molar-refractivity contribution < 1.29 is 9.84 Å². The van der Waals surface area contributed by atoms with Gasteiger partial charge in [0.05, 0.1) is 13.2 Å². The van der Waals surface area contributed by atoms with Crippen LogP contribution in [0.5, 0.6) is 0 Å². The smallest absolute Gasteiger partial charge is 0.0548 e. The molecular formula is C11H22O2. The maximum absolute atomic E-state index is 9.28. The van der Waals surface area contributed by atoms with E-state index in [4.69, 9.17) is 4.74 Å². The Hall–Kier alpha value is -0.0800. The SMILES string of the molecule is CCC(CO)C1(CC(C)C)COC1. The van der Waals surface area contributed by atoms with E-state index in [9.17, 15) is 5.11 Å². The first-order valence-electron chi connectivity index (χ1n) is 5.33. The quantitative estimate of drug-likeness (QED) is 0.712. The molecule has 1 saturated heterocycles. The van der Waals surface area contributed by atoms with Crippen molar-refractivity contribution >= 4 is 0 Å². The second-order valence-corrected chi connectivity index (χ2v) is 4.74. The minimum absolute atomic E-state index is 0.289. The first-order chi connectivity index (χ1) is 6.14. The number of ether oxygens (including phenoxy) is 1.